The molecule has 0 unspecified atom stereocenters. The second kappa shape index (κ2) is 9.58. The summed E-state index contributed by atoms with van der Waals surface area (Å²) in [5.74, 6) is -0.196. The van der Waals surface area contributed by atoms with Crippen LogP contribution in [0.1, 0.15) is 39.5 Å². The smallest absolute Gasteiger partial charge is 0.322 e. The van der Waals surface area contributed by atoms with Crippen LogP contribution in [0.2, 0.25) is 0 Å². The second-order valence-corrected chi connectivity index (χ2v) is 9.26. The number of hydrogen-bond donors (Lipinski definition) is 4. The zero-order chi connectivity index (χ0) is 24.4. The highest BCUT2D eigenvalue weighted by Crippen LogP contribution is 2.40. The van der Waals surface area contributed by atoms with Crippen LogP contribution in [0.3, 0.4) is 0 Å². The number of aliphatic hydroxyl groups excluding tert-OH is 2. The van der Waals surface area contributed by atoms with Crippen molar-refractivity contribution < 1.29 is 29.2 Å². The Morgan fingerprint density at radius 3 is 2.85 bits per heavy atom. The van der Waals surface area contributed by atoms with Gasteiger partial charge >= 0.3 is 5.97 Å². The van der Waals surface area contributed by atoms with Crippen LogP contribution in [-0.2, 0) is 19.0 Å². The number of hydrogen-bond acceptors (Lipinski definition) is 11. The summed E-state index contributed by atoms with van der Waals surface area (Å²) in [6.07, 6.45) is -2.77. The largest absolute Gasteiger partial charge is 0.464 e. The number of ether oxygens (including phenoxy) is 3. The lowest BCUT2D eigenvalue weighted by atomic mass is 9.96. The molecular weight excluding hydrogens is 432 g/mol. The highest BCUT2D eigenvalue weighted by molar-refractivity contribution is 5.75. The van der Waals surface area contributed by atoms with Crippen LogP contribution in [0.25, 0.3) is 5.52 Å². The van der Waals surface area contributed by atoms with Crippen LogP contribution >= 0.6 is 0 Å². The Morgan fingerprint density at radius 1 is 1.45 bits per heavy atom. The zero-order valence-corrected chi connectivity index (χ0v) is 19.1. The lowest BCUT2D eigenvalue weighted by molar-refractivity contribution is -0.149. The van der Waals surface area contributed by atoms with E-state index in [1.165, 1.54) is 10.8 Å². The minimum absolute atomic E-state index is 0.107. The number of nitrogens with two attached hydrogens (primary N) is 1. The summed E-state index contributed by atoms with van der Waals surface area (Å²) in [5, 5.41) is 37.9. The number of aliphatic hydroxyl groups is 2. The van der Waals surface area contributed by atoms with Crippen molar-refractivity contribution in [1.82, 2.24) is 19.9 Å². The molecule has 0 bridgehead atoms. The van der Waals surface area contributed by atoms with E-state index >= 15 is 0 Å². The lowest BCUT2D eigenvalue weighted by Crippen LogP contribution is -2.47. The first kappa shape index (κ1) is 24.8. The second-order valence-electron chi connectivity index (χ2n) is 9.26. The zero-order valence-electron chi connectivity index (χ0n) is 19.1. The van der Waals surface area contributed by atoms with Crippen molar-refractivity contribution in [2.24, 2.45) is 5.41 Å². The molecule has 1 aliphatic heterocycles. The maximum absolute atomic E-state index is 12.0. The molecule has 33 heavy (non-hydrogen) atoms. The quantitative estimate of drug-likeness (QED) is 0.234. The fourth-order valence-electron chi connectivity index (χ4n) is 3.36. The lowest BCUT2D eigenvalue weighted by Gasteiger charge is -2.25. The molecule has 1 fully saturated rings. The highest BCUT2D eigenvalue weighted by Gasteiger charge is 2.56. The number of rotatable bonds is 8. The molecule has 1 aliphatic rings. The molecule has 0 aromatic carbocycles. The minimum atomic E-state index is -1.83. The summed E-state index contributed by atoms with van der Waals surface area (Å²) >= 11 is 0. The fraction of sp³-hybridized carbons (Fsp3) is 0.619. The number of nitrogens with one attached hydrogen (secondary N) is 1. The average molecular weight is 463 g/mol. The van der Waals surface area contributed by atoms with Crippen LogP contribution in [0, 0.1) is 16.7 Å². The Hall–Kier alpha value is -2.82. The van der Waals surface area contributed by atoms with Crippen LogP contribution in [0.5, 0.6) is 0 Å². The standard InChI is InChI=1S/C21H30N6O6/c1-12(19(30)32-8-20(2,3)4)25-11-31-9-21(7-22)17(29)15(28)16(33-21)13-5-6-14-18(23)24-10-26-27(13)14/h5-6,10,12,15-17,25,28-29H,8-9,11H2,1-4H3,(H2,23,24,26)/t12-,15-,16-,17-,21+/m0/s1. The van der Waals surface area contributed by atoms with Crippen LogP contribution < -0.4 is 11.1 Å². The Labute approximate surface area is 191 Å². The molecule has 0 spiro atoms. The topological polar surface area (TPSA) is 177 Å². The number of anilines is 1. The first-order valence-corrected chi connectivity index (χ1v) is 10.5. The number of nitrogens with zero attached hydrogens (tertiary/aromatic N) is 4. The van der Waals surface area contributed by atoms with Gasteiger partial charge in [0.25, 0.3) is 0 Å². The van der Waals surface area contributed by atoms with Gasteiger partial charge in [-0.1, -0.05) is 20.8 Å². The van der Waals surface area contributed by atoms with E-state index in [1.54, 1.807) is 19.1 Å². The fourth-order valence-corrected chi connectivity index (χ4v) is 3.36. The van der Waals surface area contributed by atoms with E-state index in [0.29, 0.717) is 11.2 Å². The van der Waals surface area contributed by atoms with E-state index in [2.05, 4.69) is 15.4 Å². The van der Waals surface area contributed by atoms with Gasteiger partial charge in [0.2, 0.25) is 5.60 Å². The summed E-state index contributed by atoms with van der Waals surface area (Å²) in [6, 6.07) is 4.55. The molecule has 12 heteroatoms. The predicted molar refractivity (Wildman–Crippen MR) is 115 cm³/mol. The normalized spacial score (nSPS) is 26.3. The number of esters is 1. The van der Waals surface area contributed by atoms with E-state index in [1.807, 2.05) is 26.8 Å². The van der Waals surface area contributed by atoms with E-state index in [-0.39, 0.29) is 31.2 Å². The molecule has 2 aromatic heterocycles. The van der Waals surface area contributed by atoms with Crippen molar-refractivity contribution in [3.05, 3.63) is 24.2 Å². The molecule has 12 nitrogen and oxygen atoms in total. The van der Waals surface area contributed by atoms with Gasteiger partial charge in [-0.15, -0.1) is 0 Å². The average Bonchev–Trinajstić information content (AvgIpc) is 3.30. The van der Waals surface area contributed by atoms with Gasteiger partial charge < -0.3 is 30.2 Å². The molecule has 0 saturated carbocycles. The summed E-state index contributed by atoms with van der Waals surface area (Å²) < 4.78 is 18.0. The van der Waals surface area contributed by atoms with Crippen molar-refractivity contribution >= 4 is 17.3 Å². The van der Waals surface area contributed by atoms with Crippen molar-refractivity contribution in [2.45, 2.75) is 57.6 Å². The van der Waals surface area contributed by atoms with Crippen LogP contribution in [-0.4, -0.2) is 74.6 Å². The predicted octanol–water partition coefficient (Wildman–Crippen LogP) is -0.0915. The minimum Gasteiger partial charge on any atom is -0.464 e. The highest BCUT2D eigenvalue weighted by atomic mass is 16.6. The van der Waals surface area contributed by atoms with Crippen molar-refractivity contribution in [3.8, 4) is 6.07 Å². The SMILES string of the molecule is C[C@H](NCOC[C@@]1(C#N)O[C@@H](c2ccc3c(N)ncnn23)[C@H](O)[C@@H]1O)C(=O)OCC(C)(C)C. The number of nitriles is 1. The van der Waals surface area contributed by atoms with Crippen molar-refractivity contribution in [2.75, 3.05) is 25.7 Å². The number of nitrogen functional groups attached to an aromatic ring is 1. The first-order chi connectivity index (χ1) is 15.5. The molecule has 3 rings (SSSR count). The Morgan fingerprint density at radius 2 is 2.18 bits per heavy atom. The Balaban J connectivity index is 1.61. The number of aromatic nitrogens is 3. The molecule has 0 radical (unpaired) electrons. The first-order valence-electron chi connectivity index (χ1n) is 10.5. The molecule has 5 atom stereocenters. The van der Waals surface area contributed by atoms with E-state index in [4.69, 9.17) is 19.9 Å². The summed E-state index contributed by atoms with van der Waals surface area (Å²) in [7, 11) is 0. The molecule has 1 saturated heterocycles. The third-order valence-electron chi connectivity index (χ3n) is 5.25. The van der Waals surface area contributed by atoms with Crippen LogP contribution in [0.4, 0.5) is 5.82 Å². The van der Waals surface area contributed by atoms with Gasteiger partial charge in [-0.3, -0.25) is 10.1 Å². The molecule has 5 N–H and O–H groups in total. The molecule has 2 aromatic rings. The van der Waals surface area contributed by atoms with Gasteiger partial charge in [-0.2, -0.15) is 10.4 Å². The number of carbonyl (C=O) groups is 1. The van der Waals surface area contributed by atoms with Gasteiger partial charge in [-0.25, -0.2) is 9.50 Å². The van der Waals surface area contributed by atoms with Gasteiger partial charge in [-0.05, 0) is 24.5 Å². The van der Waals surface area contributed by atoms with Gasteiger partial charge in [0, 0.05) is 0 Å². The van der Waals surface area contributed by atoms with Gasteiger partial charge in [0.1, 0.15) is 42.3 Å². The van der Waals surface area contributed by atoms with Crippen molar-refractivity contribution in [1.29, 1.82) is 5.26 Å². The summed E-state index contributed by atoms with van der Waals surface area (Å²) in [4.78, 5) is 16.0. The molecule has 0 amide bonds. The van der Waals surface area contributed by atoms with Crippen molar-refractivity contribution in [3.63, 3.8) is 0 Å². The molecule has 0 aliphatic carbocycles. The molecule has 3 heterocycles. The molecular formula is C21H30N6O6. The van der Waals surface area contributed by atoms with Gasteiger partial charge in [0.05, 0.1) is 25.6 Å². The van der Waals surface area contributed by atoms with E-state index in [0.717, 1.165) is 0 Å². The van der Waals surface area contributed by atoms with E-state index < -0.39 is 35.9 Å². The molecule has 180 valence electrons. The Bertz CT molecular complexity index is 1030. The Kier molecular flexibility index (Phi) is 7.20. The maximum atomic E-state index is 12.0. The third kappa shape index (κ3) is 5.23. The van der Waals surface area contributed by atoms with Gasteiger partial charge in [0.15, 0.2) is 5.82 Å². The maximum Gasteiger partial charge on any atom is 0.322 e. The summed E-state index contributed by atoms with van der Waals surface area (Å²) in [6.45, 7) is 7.31. The third-order valence-corrected chi connectivity index (χ3v) is 5.25. The van der Waals surface area contributed by atoms with E-state index in [9.17, 15) is 20.3 Å². The monoisotopic (exact) mass is 462 g/mol. The van der Waals surface area contributed by atoms with Crippen LogP contribution in [0.15, 0.2) is 18.5 Å². The number of carbonyl (C=O) groups excluding carboxylic acids is 1. The summed E-state index contributed by atoms with van der Waals surface area (Å²) in [5.41, 5.74) is 4.76. The number of fused-ring (bicyclic) bond motifs is 1.